The monoisotopic (exact) mass is 181 g/mol. The van der Waals surface area contributed by atoms with E-state index in [1.807, 2.05) is 0 Å². The van der Waals surface area contributed by atoms with Gasteiger partial charge in [0.1, 0.15) is 0 Å². The molecule has 2 saturated carbocycles. The van der Waals surface area contributed by atoms with E-state index < -0.39 is 0 Å². The Morgan fingerprint density at radius 1 is 1.08 bits per heavy atom. The maximum absolute atomic E-state index is 3.43. The van der Waals surface area contributed by atoms with Gasteiger partial charge in [-0.2, -0.15) is 0 Å². The van der Waals surface area contributed by atoms with E-state index in [9.17, 15) is 0 Å². The standard InChI is InChI=1S/C12H23N/c1-13-10-12(11-6-7-11)8-4-2-3-5-9-12/h11,13H,2-10H2,1H3. The van der Waals surface area contributed by atoms with Crippen molar-refractivity contribution in [1.29, 1.82) is 0 Å². The summed E-state index contributed by atoms with van der Waals surface area (Å²) in [5, 5.41) is 3.43. The van der Waals surface area contributed by atoms with Crippen molar-refractivity contribution >= 4 is 0 Å². The Hall–Kier alpha value is -0.0400. The summed E-state index contributed by atoms with van der Waals surface area (Å²) < 4.78 is 0. The molecule has 1 nitrogen and oxygen atoms in total. The van der Waals surface area contributed by atoms with Crippen LogP contribution in [0, 0.1) is 11.3 Å². The van der Waals surface area contributed by atoms with Crippen LogP contribution in [0.2, 0.25) is 0 Å². The van der Waals surface area contributed by atoms with Crippen LogP contribution in [0.3, 0.4) is 0 Å². The third-order valence-corrected chi connectivity index (χ3v) is 4.07. The highest BCUT2D eigenvalue weighted by Gasteiger charge is 2.43. The summed E-state index contributed by atoms with van der Waals surface area (Å²) in [7, 11) is 2.12. The fraction of sp³-hybridized carbons (Fsp3) is 1.00. The Labute approximate surface area is 82.3 Å². The first-order valence-corrected chi connectivity index (χ1v) is 6.02. The largest absolute Gasteiger partial charge is 0.319 e. The number of hydrogen-bond donors (Lipinski definition) is 1. The molecular weight excluding hydrogens is 158 g/mol. The maximum atomic E-state index is 3.43. The molecule has 0 saturated heterocycles. The molecule has 0 radical (unpaired) electrons. The van der Waals surface area contributed by atoms with Gasteiger partial charge in [-0.3, -0.25) is 0 Å². The van der Waals surface area contributed by atoms with Crippen molar-refractivity contribution in [2.45, 2.75) is 51.4 Å². The molecule has 0 aliphatic heterocycles. The second-order valence-corrected chi connectivity index (χ2v) is 5.08. The van der Waals surface area contributed by atoms with Gasteiger partial charge in [0.15, 0.2) is 0 Å². The molecule has 0 aromatic rings. The van der Waals surface area contributed by atoms with E-state index in [4.69, 9.17) is 0 Å². The van der Waals surface area contributed by atoms with Crippen molar-refractivity contribution in [3.05, 3.63) is 0 Å². The highest BCUT2D eigenvalue weighted by Crippen LogP contribution is 2.52. The van der Waals surface area contributed by atoms with Gasteiger partial charge in [-0.05, 0) is 44.1 Å². The SMILES string of the molecule is CNCC1(C2CC2)CCCCCC1. The van der Waals surface area contributed by atoms with Gasteiger partial charge in [0.25, 0.3) is 0 Å². The lowest BCUT2D eigenvalue weighted by molar-refractivity contribution is 0.197. The van der Waals surface area contributed by atoms with Gasteiger partial charge in [-0.25, -0.2) is 0 Å². The Morgan fingerprint density at radius 2 is 1.69 bits per heavy atom. The zero-order valence-corrected chi connectivity index (χ0v) is 8.94. The molecule has 1 heteroatoms. The van der Waals surface area contributed by atoms with Crippen molar-refractivity contribution in [2.75, 3.05) is 13.6 Å². The number of nitrogens with one attached hydrogen (secondary N) is 1. The minimum atomic E-state index is 0.714. The smallest absolute Gasteiger partial charge is 0.000746 e. The van der Waals surface area contributed by atoms with E-state index in [-0.39, 0.29) is 0 Å². The molecule has 0 unspecified atom stereocenters. The summed E-state index contributed by atoms with van der Waals surface area (Å²) in [6, 6.07) is 0. The van der Waals surface area contributed by atoms with Crippen molar-refractivity contribution in [2.24, 2.45) is 11.3 Å². The van der Waals surface area contributed by atoms with Crippen LogP contribution in [-0.4, -0.2) is 13.6 Å². The summed E-state index contributed by atoms with van der Waals surface area (Å²) >= 11 is 0. The van der Waals surface area contributed by atoms with Gasteiger partial charge >= 0.3 is 0 Å². The summed E-state index contributed by atoms with van der Waals surface area (Å²) in [6.07, 6.45) is 12.0. The fourth-order valence-corrected chi connectivity index (χ4v) is 3.21. The summed E-state index contributed by atoms with van der Waals surface area (Å²) in [5.74, 6) is 1.08. The zero-order valence-electron chi connectivity index (χ0n) is 8.94. The lowest BCUT2D eigenvalue weighted by Gasteiger charge is -2.33. The van der Waals surface area contributed by atoms with E-state index in [1.54, 1.807) is 0 Å². The predicted molar refractivity (Wildman–Crippen MR) is 56.8 cm³/mol. The molecule has 76 valence electrons. The van der Waals surface area contributed by atoms with Crippen LogP contribution in [0.5, 0.6) is 0 Å². The molecular formula is C12H23N. The first-order valence-electron chi connectivity index (χ1n) is 6.02. The third-order valence-electron chi connectivity index (χ3n) is 4.07. The lowest BCUT2D eigenvalue weighted by atomic mass is 9.76. The highest BCUT2D eigenvalue weighted by molar-refractivity contribution is 4.96. The second kappa shape index (κ2) is 4.00. The van der Waals surface area contributed by atoms with Crippen molar-refractivity contribution in [1.82, 2.24) is 5.32 Å². The van der Waals surface area contributed by atoms with Crippen molar-refractivity contribution in [3.63, 3.8) is 0 Å². The molecule has 0 bridgehead atoms. The lowest BCUT2D eigenvalue weighted by Crippen LogP contribution is -2.34. The predicted octanol–water partition coefficient (Wildman–Crippen LogP) is 2.96. The Kier molecular flexibility index (Phi) is 2.92. The molecule has 0 spiro atoms. The Balaban J connectivity index is 2.00. The summed E-state index contributed by atoms with van der Waals surface area (Å²) in [4.78, 5) is 0. The summed E-state index contributed by atoms with van der Waals surface area (Å²) in [5.41, 5.74) is 0.714. The van der Waals surface area contributed by atoms with Crippen LogP contribution in [0.15, 0.2) is 0 Å². The molecule has 2 aliphatic carbocycles. The number of rotatable bonds is 3. The maximum Gasteiger partial charge on any atom is 0.000746 e. The molecule has 0 aromatic heterocycles. The van der Waals surface area contributed by atoms with Gasteiger partial charge in [-0.1, -0.05) is 25.7 Å². The first-order chi connectivity index (χ1) is 6.37. The Bertz CT molecular complexity index is 153. The molecule has 0 heterocycles. The van der Waals surface area contributed by atoms with E-state index in [0.29, 0.717) is 5.41 Å². The third kappa shape index (κ3) is 2.07. The average molecular weight is 181 g/mol. The molecule has 0 atom stereocenters. The highest BCUT2D eigenvalue weighted by atomic mass is 14.8. The molecule has 2 fully saturated rings. The molecule has 1 N–H and O–H groups in total. The fourth-order valence-electron chi connectivity index (χ4n) is 3.21. The van der Waals surface area contributed by atoms with Gasteiger partial charge < -0.3 is 5.32 Å². The second-order valence-electron chi connectivity index (χ2n) is 5.08. The molecule has 2 aliphatic rings. The number of hydrogen-bond acceptors (Lipinski definition) is 1. The average Bonchev–Trinajstić information content (AvgIpc) is 2.92. The van der Waals surface area contributed by atoms with Crippen molar-refractivity contribution < 1.29 is 0 Å². The van der Waals surface area contributed by atoms with E-state index in [1.165, 1.54) is 57.9 Å². The minimum Gasteiger partial charge on any atom is -0.319 e. The van der Waals surface area contributed by atoms with Crippen LogP contribution in [0.4, 0.5) is 0 Å². The first kappa shape index (κ1) is 9.51. The molecule has 2 rings (SSSR count). The van der Waals surface area contributed by atoms with Crippen molar-refractivity contribution in [3.8, 4) is 0 Å². The van der Waals surface area contributed by atoms with Gasteiger partial charge in [-0.15, -0.1) is 0 Å². The zero-order chi connectivity index (χ0) is 9.15. The summed E-state index contributed by atoms with van der Waals surface area (Å²) in [6.45, 7) is 1.28. The van der Waals surface area contributed by atoms with Gasteiger partial charge in [0.2, 0.25) is 0 Å². The molecule has 0 aromatic carbocycles. The quantitative estimate of drug-likeness (QED) is 0.660. The van der Waals surface area contributed by atoms with Crippen LogP contribution in [-0.2, 0) is 0 Å². The topological polar surface area (TPSA) is 12.0 Å². The molecule has 13 heavy (non-hydrogen) atoms. The van der Waals surface area contributed by atoms with Crippen LogP contribution < -0.4 is 5.32 Å². The molecule has 0 amide bonds. The normalized spacial score (nSPS) is 28.4. The van der Waals surface area contributed by atoms with Crippen LogP contribution in [0.25, 0.3) is 0 Å². The Morgan fingerprint density at radius 3 is 2.15 bits per heavy atom. The van der Waals surface area contributed by atoms with Crippen LogP contribution in [0.1, 0.15) is 51.4 Å². The van der Waals surface area contributed by atoms with E-state index >= 15 is 0 Å². The minimum absolute atomic E-state index is 0.714. The van der Waals surface area contributed by atoms with Gasteiger partial charge in [0.05, 0.1) is 0 Å². The van der Waals surface area contributed by atoms with Crippen LogP contribution >= 0.6 is 0 Å². The van der Waals surface area contributed by atoms with Gasteiger partial charge in [0, 0.05) is 6.54 Å². The van der Waals surface area contributed by atoms with E-state index in [2.05, 4.69) is 12.4 Å². The van der Waals surface area contributed by atoms with E-state index in [0.717, 1.165) is 5.92 Å².